The molecule has 26 heavy (non-hydrogen) atoms. The molecule has 0 spiro atoms. The Balaban J connectivity index is 2.36. The highest BCUT2D eigenvalue weighted by Crippen LogP contribution is 2.28. The van der Waals surface area contributed by atoms with Crippen LogP contribution >= 0.6 is 11.3 Å². The number of fused-ring (bicyclic) bond motifs is 1. The number of azo groups is 1. The molecule has 0 fully saturated rings. The Bertz CT molecular complexity index is 911. The van der Waals surface area contributed by atoms with Gasteiger partial charge in [0.15, 0.2) is 0 Å². The first-order valence-corrected chi connectivity index (χ1v) is 8.55. The molecule has 0 saturated carbocycles. The summed E-state index contributed by atoms with van der Waals surface area (Å²) >= 11 is 1.46. The number of nitrogens with zero attached hydrogens (tertiary/aromatic N) is 4. The number of thiazole rings is 1. The number of hydrazone groups is 1. The largest absolute Gasteiger partial charge is 0.276 e. The maximum Gasteiger partial charge on any atom is 0.231 e. The smallest absolute Gasteiger partial charge is 0.231 e. The third kappa shape index (κ3) is 5.06. The first-order valence-electron chi connectivity index (χ1n) is 7.73. The molecule has 0 aliphatic carbocycles. The summed E-state index contributed by atoms with van der Waals surface area (Å²) in [6.07, 6.45) is 10.0. The van der Waals surface area contributed by atoms with Crippen LogP contribution in [0.1, 0.15) is 0 Å². The zero-order chi connectivity index (χ0) is 18.8. The fraction of sp³-hybridized carbons (Fsp3) is 0. The van der Waals surface area contributed by atoms with Crippen LogP contribution in [0.25, 0.3) is 10.2 Å². The van der Waals surface area contributed by atoms with E-state index in [0.717, 1.165) is 10.2 Å². The molecule has 0 saturated heterocycles. The number of nitrogens with one attached hydrogen (secondary N) is 1. The predicted molar refractivity (Wildman–Crippen MR) is 112 cm³/mol. The van der Waals surface area contributed by atoms with E-state index >= 15 is 0 Å². The lowest BCUT2D eigenvalue weighted by Crippen LogP contribution is -2.08. The third-order valence-electron chi connectivity index (χ3n) is 3.10. The minimum atomic E-state index is 0.343. The van der Waals surface area contributed by atoms with Gasteiger partial charge in [0.25, 0.3) is 0 Å². The van der Waals surface area contributed by atoms with Gasteiger partial charge in [-0.3, -0.25) is 5.43 Å². The Morgan fingerprint density at radius 1 is 1.04 bits per heavy atom. The van der Waals surface area contributed by atoms with Crippen molar-refractivity contribution in [2.45, 2.75) is 0 Å². The molecule has 1 heterocycles. The van der Waals surface area contributed by atoms with E-state index in [0.29, 0.717) is 22.2 Å². The summed E-state index contributed by atoms with van der Waals surface area (Å²) in [4.78, 5) is 4.43. The number of hydrogen-bond acceptors (Lipinski definition) is 5. The van der Waals surface area contributed by atoms with Crippen molar-refractivity contribution in [1.82, 2.24) is 10.4 Å². The van der Waals surface area contributed by atoms with Crippen LogP contribution in [0.2, 0.25) is 0 Å². The number of allylic oxidation sites excluding steroid dienone is 5. The van der Waals surface area contributed by atoms with Gasteiger partial charge in [0.1, 0.15) is 0 Å². The van der Waals surface area contributed by atoms with E-state index in [1.165, 1.54) is 11.3 Å². The average molecular weight is 361 g/mol. The summed E-state index contributed by atoms with van der Waals surface area (Å²) in [5.41, 5.74) is 5.10. The minimum absolute atomic E-state index is 0.343. The summed E-state index contributed by atoms with van der Waals surface area (Å²) < 4.78 is 1.05. The Morgan fingerprint density at radius 3 is 2.46 bits per heavy atom. The molecule has 0 unspecified atom stereocenters. The number of amidine groups is 1. The molecular weight excluding hydrogens is 342 g/mol. The zero-order valence-corrected chi connectivity index (χ0v) is 15.1. The van der Waals surface area contributed by atoms with Crippen LogP contribution < -0.4 is 5.43 Å². The van der Waals surface area contributed by atoms with Crippen LogP contribution in [-0.2, 0) is 0 Å². The molecule has 0 amide bonds. The second-order valence-corrected chi connectivity index (χ2v) is 5.84. The van der Waals surface area contributed by atoms with Crippen LogP contribution in [-0.4, -0.2) is 10.8 Å². The standard InChI is InChI=1S/C20H19N5S/c1-5-11-15(7-3)19(23-22-16(8-4)12-6-2)24-25-20-21-17-13-9-10-14-18(17)26-20/h5-14,22H,1-4H2/b15-11+,16-12+,23-19?,25-24?. The van der Waals surface area contributed by atoms with Gasteiger partial charge in [0.2, 0.25) is 11.0 Å². The van der Waals surface area contributed by atoms with Gasteiger partial charge in [-0.15, -0.1) is 10.2 Å². The van der Waals surface area contributed by atoms with Crippen molar-refractivity contribution >= 4 is 32.5 Å². The maximum absolute atomic E-state index is 4.43. The lowest BCUT2D eigenvalue weighted by atomic mass is 10.2. The topological polar surface area (TPSA) is 62.0 Å². The minimum Gasteiger partial charge on any atom is -0.276 e. The molecule has 0 radical (unpaired) electrons. The Hall–Kier alpha value is -3.38. The molecule has 2 rings (SSSR count). The van der Waals surface area contributed by atoms with Crippen LogP contribution in [0.4, 0.5) is 5.13 Å². The molecule has 130 valence electrons. The van der Waals surface area contributed by atoms with Gasteiger partial charge in [-0.25, -0.2) is 4.98 Å². The fourth-order valence-corrected chi connectivity index (χ4v) is 2.68. The van der Waals surface area contributed by atoms with Crippen molar-refractivity contribution in [1.29, 1.82) is 0 Å². The van der Waals surface area contributed by atoms with E-state index < -0.39 is 0 Å². The Morgan fingerprint density at radius 2 is 1.81 bits per heavy atom. The summed E-state index contributed by atoms with van der Waals surface area (Å²) in [5, 5.41) is 13.3. The normalized spacial score (nSPS) is 13.0. The fourth-order valence-electron chi connectivity index (χ4n) is 1.89. The zero-order valence-electron chi connectivity index (χ0n) is 14.3. The molecule has 0 bridgehead atoms. The molecule has 2 aromatic rings. The molecule has 0 atom stereocenters. The molecular formula is C20H19N5S. The summed E-state index contributed by atoms with van der Waals surface area (Å²) in [5.74, 6) is 0.343. The van der Waals surface area contributed by atoms with Gasteiger partial charge in [-0.2, -0.15) is 5.10 Å². The quantitative estimate of drug-likeness (QED) is 0.211. The van der Waals surface area contributed by atoms with E-state index in [1.54, 1.807) is 36.5 Å². The van der Waals surface area contributed by atoms with Gasteiger partial charge >= 0.3 is 0 Å². The molecule has 1 aromatic heterocycles. The van der Waals surface area contributed by atoms with Gasteiger partial charge < -0.3 is 0 Å². The SMILES string of the molecule is C=C/C=C(\C=C)NN=C(N=Nc1nc2ccccc2s1)/C(C=C)=C/C=C. The summed E-state index contributed by atoms with van der Waals surface area (Å²) in [6, 6.07) is 7.82. The summed E-state index contributed by atoms with van der Waals surface area (Å²) in [6.45, 7) is 14.8. The third-order valence-corrected chi connectivity index (χ3v) is 4.02. The molecule has 0 aliphatic rings. The van der Waals surface area contributed by atoms with Crippen LogP contribution in [0.5, 0.6) is 0 Å². The van der Waals surface area contributed by atoms with Crippen molar-refractivity contribution in [3.8, 4) is 0 Å². The molecule has 1 N–H and O–H groups in total. The lowest BCUT2D eigenvalue weighted by molar-refractivity contribution is 0.911. The predicted octanol–water partition coefficient (Wildman–Crippen LogP) is 5.84. The second-order valence-electron chi connectivity index (χ2n) is 4.84. The van der Waals surface area contributed by atoms with E-state index in [-0.39, 0.29) is 0 Å². The highest BCUT2D eigenvalue weighted by atomic mass is 32.1. The van der Waals surface area contributed by atoms with Gasteiger partial charge in [0.05, 0.1) is 15.9 Å². The van der Waals surface area contributed by atoms with Crippen LogP contribution in [0, 0.1) is 0 Å². The Labute approximate surface area is 156 Å². The monoisotopic (exact) mass is 361 g/mol. The first kappa shape index (κ1) is 19.0. The second kappa shape index (κ2) is 9.80. The van der Waals surface area contributed by atoms with Crippen molar-refractivity contribution in [3.63, 3.8) is 0 Å². The van der Waals surface area contributed by atoms with Gasteiger partial charge in [-0.05, 0) is 24.3 Å². The van der Waals surface area contributed by atoms with Crippen LogP contribution in [0.15, 0.2) is 114 Å². The Kier molecular flexibility index (Phi) is 7.15. The van der Waals surface area contributed by atoms with Crippen molar-refractivity contribution in [2.75, 3.05) is 0 Å². The van der Waals surface area contributed by atoms with E-state index in [9.17, 15) is 0 Å². The molecule has 0 aliphatic heterocycles. The van der Waals surface area contributed by atoms with Crippen LogP contribution in [0.3, 0.4) is 0 Å². The van der Waals surface area contributed by atoms with Crippen molar-refractivity contribution in [3.05, 3.63) is 98.3 Å². The maximum atomic E-state index is 4.43. The average Bonchev–Trinajstić information content (AvgIpc) is 3.08. The highest BCUT2D eigenvalue weighted by Gasteiger charge is 2.05. The highest BCUT2D eigenvalue weighted by molar-refractivity contribution is 7.21. The number of aromatic nitrogens is 1. The lowest BCUT2D eigenvalue weighted by Gasteiger charge is -2.03. The number of rotatable bonds is 8. The van der Waals surface area contributed by atoms with E-state index in [1.807, 2.05) is 24.3 Å². The first-order chi connectivity index (χ1) is 12.7. The van der Waals surface area contributed by atoms with Gasteiger partial charge in [-0.1, -0.05) is 74.1 Å². The van der Waals surface area contributed by atoms with Gasteiger partial charge in [0, 0.05) is 5.57 Å². The summed E-state index contributed by atoms with van der Waals surface area (Å²) in [7, 11) is 0. The number of para-hydroxylation sites is 1. The molecule has 6 heteroatoms. The molecule has 1 aromatic carbocycles. The molecule has 5 nitrogen and oxygen atoms in total. The van der Waals surface area contributed by atoms with E-state index in [2.05, 4.69) is 52.1 Å². The van der Waals surface area contributed by atoms with E-state index in [4.69, 9.17) is 0 Å². The van der Waals surface area contributed by atoms with Crippen molar-refractivity contribution < 1.29 is 0 Å². The number of benzene rings is 1. The number of hydrogen-bond donors (Lipinski definition) is 1. The van der Waals surface area contributed by atoms with Crippen molar-refractivity contribution in [2.24, 2.45) is 15.3 Å².